The fraction of sp³-hybridized carbons (Fsp3) is 0.0588. The maximum Gasteiger partial charge on any atom is 0.336 e. The molecule has 0 aliphatic rings. The molecule has 0 spiro atoms. The normalized spacial score (nSPS) is 10.3. The van der Waals surface area contributed by atoms with E-state index in [1.165, 1.54) is 37.5 Å². The van der Waals surface area contributed by atoms with E-state index in [1.807, 2.05) is 6.07 Å². The SMILES string of the molecule is COc1cc(C#N)ccc1OC(=O)/C=C/c1cc(Br)ccc1F. The highest BCUT2D eigenvalue weighted by molar-refractivity contribution is 9.10. The zero-order valence-corrected chi connectivity index (χ0v) is 13.6. The molecule has 0 fully saturated rings. The van der Waals surface area contributed by atoms with Crippen LogP contribution in [0.25, 0.3) is 6.08 Å². The van der Waals surface area contributed by atoms with Gasteiger partial charge >= 0.3 is 5.97 Å². The Hall–Kier alpha value is -2.65. The summed E-state index contributed by atoms with van der Waals surface area (Å²) in [5.74, 6) is -0.698. The number of benzene rings is 2. The monoisotopic (exact) mass is 375 g/mol. The van der Waals surface area contributed by atoms with Crippen molar-refractivity contribution in [2.75, 3.05) is 7.11 Å². The number of carbonyl (C=O) groups is 1. The Balaban J connectivity index is 2.15. The van der Waals surface area contributed by atoms with Crippen LogP contribution in [0.15, 0.2) is 46.9 Å². The van der Waals surface area contributed by atoms with Gasteiger partial charge in [-0.3, -0.25) is 0 Å². The lowest BCUT2D eigenvalue weighted by Crippen LogP contribution is -2.05. The Morgan fingerprint density at radius 1 is 1.26 bits per heavy atom. The summed E-state index contributed by atoms with van der Waals surface area (Å²) in [6.45, 7) is 0. The Bertz CT molecular complexity index is 812. The lowest BCUT2D eigenvalue weighted by Gasteiger charge is -2.07. The first-order chi connectivity index (χ1) is 11.0. The summed E-state index contributed by atoms with van der Waals surface area (Å²) in [5.41, 5.74) is 0.636. The molecule has 0 aromatic heterocycles. The van der Waals surface area contributed by atoms with Crippen molar-refractivity contribution in [1.29, 1.82) is 5.26 Å². The molecule has 0 atom stereocenters. The smallest absolute Gasteiger partial charge is 0.336 e. The minimum atomic E-state index is -0.688. The molecule has 0 aliphatic carbocycles. The van der Waals surface area contributed by atoms with E-state index in [2.05, 4.69) is 15.9 Å². The van der Waals surface area contributed by atoms with E-state index >= 15 is 0 Å². The summed E-state index contributed by atoms with van der Waals surface area (Å²) < 4.78 is 24.5. The van der Waals surface area contributed by atoms with Crippen molar-refractivity contribution in [2.24, 2.45) is 0 Å². The van der Waals surface area contributed by atoms with Gasteiger partial charge in [0.1, 0.15) is 5.82 Å². The second kappa shape index (κ2) is 7.56. The van der Waals surface area contributed by atoms with Gasteiger partial charge in [0.15, 0.2) is 11.5 Å². The number of hydrogen-bond donors (Lipinski definition) is 0. The van der Waals surface area contributed by atoms with Gasteiger partial charge < -0.3 is 9.47 Å². The van der Waals surface area contributed by atoms with Gasteiger partial charge in [0.05, 0.1) is 18.7 Å². The molecule has 0 saturated heterocycles. The summed E-state index contributed by atoms with van der Waals surface area (Å²) in [7, 11) is 1.40. The number of ether oxygens (including phenoxy) is 2. The van der Waals surface area contributed by atoms with Gasteiger partial charge in [0.25, 0.3) is 0 Å². The summed E-state index contributed by atoms with van der Waals surface area (Å²) in [6, 6.07) is 10.8. The third-order valence-electron chi connectivity index (χ3n) is 2.86. The molecule has 23 heavy (non-hydrogen) atoms. The minimum absolute atomic E-state index is 0.177. The van der Waals surface area contributed by atoms with E-state index in [0.717, 1.165) is 6.08 Å². The maximum absolute atomic E-state index is 13.6. The highest BCUT2D eigenvalue weighted by atomic mass is 79.9. The first-order valence-corrected chi connectivity index (χ1v) is 7.26. The molecular weight excluding hydrogens is 365 g/mol. The molecule has 0 bridgehead atoms. The standard InChI is InChI=1S/C17H11BrFNO3/c1-22-16-8-11(10-20)2-6-15(16)23-17(21)7-3-12-9-13(18)4-5-14(12)19/h2-9H,1H3/b7-3+. The van der Waals surface area contributed by atoms with Crippen LogP contribution in [0.1, 0.15) is 11.1 Å². The van der Waals surface area contributed by atoms with Gasteiger partial charge in [-0.25, -0.2) is 9.18 Å². The molecule has 0 heterocycles. The second-order valence-corrected chi connectivity index (χ2v) is 5.31. The zero-order valence-electron chi connectivity index (χ0n) is 12.0. The Morgan fingerprint density at radius 3 is 2.74 bits per heavy atom. The summed E-state index contributed by atoms with van der Waals surface area (Å²) in [4.78, 5) is 11.8. The average Bonchev–Trinajstić information content (AvgIpc) is 2.56. The number of halogens is 2. The second-order valence-electron chi connectivity index (χ2n) is 4.40. The molecule has 0 saturated carbocycles. The molecule has 0 radical (unpaired) electrons. The van der Waals surface area contributed by atoms with Gasteiger partial charge in [0.2, 0.25) is 0 Å². The van der Waals surface area contributed by atoms with Crippen LogP contribution in [-0.4, -0.2) is 13.1 Å². The predicted molar refractivity (Wildman–Crippen MR) is 86.5 cm³/mol. The van der Waals surface area contributed by atoms with Gasteiger partial charge in [-0.1, -0.05) is 15.9 Å². The summed E-state index contributed by atoms with van der Waals surface area (Å²) >= 11 is 3.23. The molecule has 6 heteroatoms. The molecule has 4 nitrogen and oxygen atoms in total. The maximum atomic E-state index is 13.6. The lowest BCUT2D eigenvalue weighted by atomic mass is 10.2. The van der Waals surface area contributed by atoms with Crippen molar-refractivity contribution >= 4 is 28.0 Å². The average molecular weight is 376 g/mol. The largest absolute Gasteiger partial charge is 0.493 e. The van der Waals surface area contributed by atoms with Gasteiger partial charge in [-0.05, 0) is 36.4 Å². The number of nitriles is 1. The predicted octanol–water partition coefficient (Wildman–Crippen LogP) is 4.09. The van der Waals surface area contributed by atoms with E-state index in [1.54, 1.807) is 12.1 Å². The van der Waals surface area contributed by atoms with Gasteiger partial charge in [0, 0.05) is 22.2 Å². The van der Waals surface area contributed by atoms with Gasteiger partial charge in [-0.15, -0.1) is 0 Å². The fourth-order valence-corrected chi connectivity index (χ4v) is 2.14. The van der Waals surface area contributed by atoms with Crippen LogP contribution in [0, 0.1) is 17.1 Å². The van der Waals surface area contributed by atoms with Crippen LogP contribution in [0.3, 0.4) is 0 Å². The van der Waals surface area contributed by atoms with Crippen LogP contribution in [0.2, 0.25) is 0 Å². The number of nitrogens with zero attached hydrogens (tertiary/aromatic N) is 1. The van der Waals surface area contributed by atoms with Crippen LogP contribution < -0.4 is 9.47 Å². The van der Waals surface area contributed by atoms with Crippen molar-refractivity contribution < 1.29 is 18.7 Å². The molecule has 2 aromatic carbocycles. The third-order valence-corrected chi connectivity index (χ3v) is 3.35. The number of hydrogen-bond acceptors (Lipinski definition) is 4. The lowest BCUT2D eigenvalue weighted by molar-refractivity contribution is -0.129. The molecule has 0 aliphatic heterocycles. The highest BCUT2D eigenvalue weighted by Crippen LogP contribution is 2.28. The van der Waals surface area contributed by atoms with Crippen LogP contribution in [0.4, 0.5) is 4.39 Å². The quantitative estimate of drug-likeness (QED) is 0.458. The minimum Gasteiger partial charge on any atom is -0.493 e. The van der Waals surface area contributed by atoms with Crippen molar-refractivity contribution in [3.8, 4) is 17.6 Å². The van der Waals surface area contributed by atoms with Crippen LogP contribution in [0.5, 0.6) is 11.5 Å². The topological polar surface area (TPSA) is 59.3 Å². The summed E-state index contributed by atoms with van der Waals surface area (Å²) in [5, 5.41) is 8.83. The number of esters is 1. The molecule has 0 N–H and O–H groups in total. The molecule has 0 unspecified atom stereocenters. The first kappa shape index (κ1) is 16.7. The van der Waals surface area contributed by atoms with Crippen molar-refractivity contribution in [3.05, 3.63) is 63.9 Å². The van der Waals surface area contributed by atoms with E-state index in [0.29, 0.717) is 10.0 Å². The number of carbonyl (C=O) groups excluding carboxylic acids is 1. The zero-order chi connectivity index (χ0) is 16.8. The van der Waals surface area contributed by atoms with E-state index in [-0.39, 0.29) is 17.1 Å². The summed E-state index contributed by atoms with van der Waals surface area (Å²) in [6.07, 6.45) is 2.43. The fourth-order valence-electron chi connectivity index (χ4n) is 1.76. The van der Waals surface area contributed by atoms with Crippen molar-refractivity contribution in [2.45, 2.75) is 0 Å². The Kier molecular flexibility index (Phi) is 5.50. The third kappa shape index (κ3) is 4.41. The molecule has 2 aromatic rings. The molecule has 2 rings (SSSR count). The Morgan fingerprint density at radius 2 is 2.04 bits per heavy atom. The van der Waals surface area contributed by atoms with Gasteiger partial charge in [-0.2, -0.15) is 5.26 Å². The van der Waals surface area contributed by atoms with Crippen molar-refractivity contribution in [3.63, 3.8) is 0 Å². The van der Waals surface area contributed by atoms with Crippen LogP contribution >= 0.6 is 15.9 Å². The Labute approximate surface area is 140 Å². The number of rotatable bonds is 4. The molecule has 116 valence electrons. The van der Waals surface area contributed by atoms with E-state index in [4.69, 9.17) is 14.7 Å². The highest BCUT2D eigenvalue weighted by Gasteiger charge is 2.09. The van der Waals surface area contributed by atoms with Crippen molar-refractivity contribution in [1.82, 2.24) is 0 Å². The molecular formula is C17H11BrFNO3. The first-order valence-electron chi connectivity index (χ1n) is 6.46. The molecule has 0 amide bonds. The van der Waals surface area contributed by atoms with Crippen LogP contribution in [-0.2, 0) is 4.79 Å². The van der Waals surface area contributed by atoms with E-state index in [9.17, 15) is 9.18 Å². The van der Waals surface area contributed by atoms with E-state index < -0.39 is 11.8 Å². The number of methoxy groups -OCH3 is 1.